The van der Waals surface area contributed by atoms with Crippen molar-refractivity contribution in [3.8, 4) is 0 Å². The Morgan fingerprint density at radius 1 is 1.44 bits per heavy atom. The minimum Gasteiger partial charge on any atom is -0.469 e. The molecule has 4 nitrogen and oxygen atoms in total. The average molecular weight is 247 g/mol. The van der Waals surface area contributed by atoms with E-state index in [1.165, 1.54) is 32.8 Å². The third kappa shape index (κ3) is 4.58. The Balaban J connectivity index is 2.30. The Morgan fingerprint density at radius 2 is 2.12 bits per heavy atom. The molecular formula is C11H20O4P+. The Morgan fingerprint density at radius 3 is 2.69 bits per heavy atom. The number of carbonyl (C=O) groups is 1. The van der Waals surface area contributed by atoms with Gasteiger partial charge in [0.2, 0.25) is 0 Å². The van der Waals surface area contributed by atoms with Gasteiger partial charge in [-0.25, -0.2) is 0 Å². The van der Waals surface area contributed by atoms with Crippen molar-refractivity contribution < 1.29 is 18.6 Å². The molecule has 0 amide bonds. The summed E-state index contributed by atoms with van der Waals surface area (Å²) in [5.74, 6) is 0.241. The van der Waals surface area contributed by atoms with E-state index < -0.39 is 8.69 Å². The summed E-state index contributed by atoms with van der Waals surface area (Å²) in [7, 11) is 0.578. The highest BCUT2D eigenvalue weighted by molar-refractivity contribution is 7.17. The third-order valence-electron chi connectivity index (χ3n) is 3.28. The van der Waals surface area contributed by atoms with Crippen molar-refractivity contribution in [2.24, 2.45) is 11.8 Å². The second kappa shape index (κ2) is 7.75. The minimum absolute atomic E-state index is 0.210. The SMILES string of the molecule is COC(=O)C(CCC1CCCC1)CO[PH+]=O. The predicted molar refractivity (Wildman–Crippen MR) is 61.7 cm³/mol. The summed E-state index contributed by atoms with van der Waals surface area (Å²) in [6, 6.07) is 0. The van der Waals surface area contributed by atoms with Gasteiger partial charge in [-0.2, -0.15) is 0 Å². The van der Waals surface area contributed by atoms with Gasteiger partial charge in [0, 0.05) is 0 Å². The van der Waals surface area contributed by atoms with Gasteiger partial charge in [-0.3, -0.25) is 4.79 Å². The fourth-order valence-electron chi connectivity index (χ4n) is 2.31. The Labute approximate surface area is 98.0 Å². The largest absolute Gasteiger partial charge is 0.494 e. The summed E-state index contributed by atoms with van der Waals surface area (Å²) >= 11 is 0. The van der Waals surface area contributed by atoms with Crippen molar-refractivity contribution in [2.45, 2.75) is 38.5 Å². The van der Waals surface area contributed by atoms with Gasteiger partial charge >= 0.3 is 14.7 Å². The maximum atomic E-state index is 11.4. The van der Waals surface area contributed by atoms with Crippen molar-refractivity contribution in [1.29, 1.82) is 0 Å². The van der Waals surface area contributed by atoms with E-state index in [1.54, 1.807) is 0 Å². The smallest absolute Gasteiger partial charge is 0.469 e. The molecule has 0 N–H and O–H groups in total. The summed E-state index contributed by atoms with van der Waals surface area (Å²) in [4.78, 5) is 11.4. The van der Waals surface area contributed by atoms with E-state index >= 15 is 0 Å². The number of rotatable bonds is 7. The van der Waals surface area contributed by atoms with E-state index in [0.717, 1.165) is 18.8 Å². The second-order valence-corrected chi connectivity index (χ2v) is 4.80. The number of ether oxygens (including phenoxy) is 1. The maximum absolute atomic E-state index is 11.4. The molecule has 2 atom stereocenters. The van der Waals surface area contributed by atoms with Gasteiger partial charge in [0.05, 0.1) is 13.0 Å². The molecule has 0 bridgehead atoms. The monoisotopic (exact) mass is 247 g/mol. The second-order valence-electron chi connectivity index (χ2n) is 4.34. The highest BCUT2D eigenvalue weighted by atomic mass is 31.1. The number of carbonyl (C=O) groups excluding carboxylic acids is 1. The van der Waals surface area contributed by atoms with Crippen LogP contribution in [-0.2, 0) is 18.6 Å². The van der Waals surface area contributed by atoms with Gasteiger partial charge in [-0.1, -0.05) is 25.7 Å². The molecule has 0 aliphatic heterocycles. The summed E-state index contributed by atoms with van der Waals surface area (Å²) < 4.78 is 19.8. The molecule has 1 saturated carbocycles. The lowest BCUT2D eigenvalue weighted by atomic mass is 9.95. The third-order valence-corrected chi connectivity index (χ3v) is 3.56. The summed E-state index contributed by atoms with van der Waals surface area (Å²) in [6.07, 6.45) is 7.00. The van der Waals surface area contributed by atoms with Gasteiger partial charge in [0.15, 0.2) is 0 Å². The van der Waals surface area contributed by atoms with Crippen LogP contribution in [0, 0.1) is 11.8 Å². The number of hydrogen-bond donors (Lipinski definition) is 0. The fraction of sp³-hybridized carbons (Fsp3) is 0.909. The average Bonchev–Trinajstić information content (AvgIpc) is 2.81. The molecule has 1 aliphatic rings. The highest BCUT2D eigenvalue weighted by Crippen LogP contribution is 2.30. The van der Waals surface area contributed by atoms with E-state index in [0.29, 0.717) is 0 Å². The first-order valence-corrected chi connectivity index (χ1v) is 6.66. The van der Waals surface area contributed by atoms with Crippen molar-refractivity contribution in [2.75, 3.05) is 13.7 Å². The van der Waals surface area contributed by atoms with Crippen molar-refractivity contribution >= 4 is 14.7 Å². The molecule has 92 valence electrons. The fourth-order valence-corrected chi connectivity index (χ4v) is 2.58. The van der Waals surface area contributed by atoms with Gasteiger partial charge in [0.25, 0.3) is 0 Å². The van der Waals surface area contributed by atoms with Crippen molar-refractivity contribution in [3.63, 3.8) is 0 Å². The molecule has 2 unspecified atom stereocenters. The zero-order chi connectivity index (χ0) is 11.8. The zero-order valence-electron chi connectivity index (χ0n) is 9.74. The van der Waals surface area contributed by atoms with E-state index in [4.69, 9.17) is 9.26 Å². The minimum atomic E-state index is -0.801. The molecule has 5 heteroatoms. The molecule has 0 aromatic rings. The van der Waals surface area contributed by atoms with Gasteiger partial charge < -0.3 is 4.74 Å². The van der Waals surface area contributed by atoms with Crippen LogP contribution in [0.5, 0.6) is 0 Å². The summed E-state index contributed by atoms with van der Waals surface area (Å²) in [5, 5.41) is 0. The molecule has 0 heterocycles. The Bertz CT molecular complexity index is 226. The van der Waals surface area contributed by atoms with E-state index in [1.807, 2.05) is 0 Å². The first-order chi connectivity index (χ1) is 7.77. The molecule has 0 saturated heterocycles. The first kappa shape index (κ1) is 13.6. The summed E-state index contributed by atoms with van der Waals surface area (Å²) in [6.45, 7) is 0.210. The quantitative estimate of drug-likeness (QED) is 0.512. The van der Waals surface area contributed by atoms with Crippen LogP contribution in [0.3, 0.4) is 0 Å². The van der Waals surface area contributed by atoms with Crippen LogP contribution in [-0.4, -0.2) is 19.7 Å². The van der Waals surface area contributed by atoms with Gasteiger partial charge in [-0.15, -0.1) is 4.52 Å². The molecule has 0 radical (unpaired) electrons. The molecule has 1 rings (SSSR count). The number of esters is 1. The van der Waals surface area contributed by atoms with E-state index in [2.05, 4.69) is 0 Å². The highest BCUT2D eigenvalue weighted by Gasteiger charge is 2.24. The first-order valence-electron chi connectivity index (χ1n) is 5.84. The topological polar surface area (TPSA) is 52.6 Å². The van der Waals surface area contributed by atoms with E-state index in [-0.39, 0.29) is 18.5 Å². The van der Waals surface area contributed by atoms with Gasteiger partial charge in [-0.05, 0) is 23.3 Å². The maximum Gasteiger partial charge on any atom is 0.494 e. The van der Waals surface area contributed by atoms with Crippen LogP contribution in [0.4, 0.5) is 0 Å². The van der Waals surface area contributed by atoms with Crippen molar-refractivity contribution in [1.82, 2.24) is 0 Å². The molecule has 0 aromatic heterocycles. The predicted octanol–water partition coefficient (Wildman–Crippen LogP) is 2.70. The van der Waals surface area contributed by atoms with E-state index in [9.17, 15) is 9.36 Å². The summed E-state index contributed by atoms with van der Waals surface area (Å²) in [5.41, 5.74) is 0. The number of hydrogen-bond acceptors (Lipinski definition) is 4. The lowest BCUT2D eigenvalue weighted by Crippen LogP contribution is -2.21. The standard InChI is InChI=1S/C11H20O4P/c1-14-11(12)10(8-15-16-13)7-6-9-4-2-3-5-9/h9-10,16H,2-8H2,1H3/q+1. The van der Waals surface area contributed by atoms with Crippen LogP contribution in [0.2, 0.25) is 0 Å². The Hall–Kier alpha value is -0.470. The normalized spacial score (nSPS) is 18.8. The lowest BCUT2D eigenvalue weighted by molar-refractivity contribution is -0.146. The van der Waals surface area contributed by atoms with Crippen LogP contribution >= 0.6 is 8.69 Å². The molecule has 16 heavy (non-hydrogen) atoms. The Kier molecular flexibility index (Phi) is 6.58. The molecule has 1 aliphatic carbocycles. The van der Waals surface area contributed by atoms with Crippen LogP contribution in [0.15, 0.2) is 0 Å². The van der Waals surface area contributed by atoms with Crippen LogP contribution < -0.4 is 0 Å². The molecule has 0 aromatic carbocycles. The van der Waals surface area contributed by atoms with Crippen LogP contribution in [0.1, 0.15) is 38.5 Å². The zero-order valence-corrected chi connectivity index (χ0v) is 10.7. The number of methoxy groups -OCH3 is 1. The molecule has 1 fully saturated rings. The van der Waals surface area contributed by atoms with Crippen LogP contribution in [0.25, 0.3) is 0 Å². The molecular weight excluding hydrogens is 227 g/mol. The molecule has 0 spiro atoms. The van der Waals surface area contributed by atoms with Gasteiger partial charge in [0.1, 0.15) is 6.61 Å². The van der Waals surface area contributed by atoms with Crippen molar-refractivity contribution in [3.05, 3.63) is 0 Å². The lowest BCUT2D eigenvalue weighted by Gasteiger charge is -2.14.